The van der Waals surface area contributed by atoms with Gasteiger partial charge in [-0.3, -0.25) is 9.59 Å². The molecule has 0 atom stereocenters. The highest BCUT2D eigenvalue weighted by molar-refractivity contribution is 6.16. The van der Waals surface area contributed by atoms with Crippen molar-refractivity contribution in [2.45, 2.75) is 26.4 Å². The third-order valence-corrected chi connectivity index (χ3v) is 7.42. The number of nitrogens with one attached hydrogen (secondary N) is 2. The Morgan fingerprint density at radius 3 is 2.40 bits per heavy atom. The quantitative estimate of drug-likeness (QED) is 0.259. The Morgan fingerprint density at radius 2 is 1.68 bits per heavy atom. The van der Waals surface area contributed by atoms with E-state index in [2.05, 4.69) is 9.97 Å². The molecule has 0 aliphatic heterocycles. The lowest BCUT2D eigenvalue weighted by Crippen LogP contribution is -2.34. The number of para-hydroxylation sites is 1. The van der Waals surface area contributed by atoms with Gasteiger partial charge in [-0.1, -0.05) is 30.3 Å². The molecule has 6 aromatic rings. The Kier molecular flexibility index (Phi) is 5.53. The lowest BCUT2D eigenvalue weighted by Gasteiger charge is -2.17. The summed E-state index contributed by atoms with van der Waals surface area (Å²) < 4.78 is 15.3. The zero-order chi connectivity index (χ0) is 28.5. The number of carbonyl (C=O) groups excluding carboxylic acids is 1. The molecule has 40 heavy (non-hydrogen) atoms. The first-order valence-electron chi connectivity index (χ1n) is 12.6. The van der Waals surface area contributed by atoms with E-state index in [9.17, 15) is 23.9 Å². The molecule has 0 spiro atoms. The summed E-state index contributed by atoms with van der Waals surface area (Å²) in [7, 11) is 0. The first-order valence-corrected chi connectivity index (χ1v) is 12.6. The molecule has 0 saturated heterocycles. The Labute approximate surface area is 226 Å². The van der Waals surface area contributed by atoms with Gasteiger partial charge in [0.2, 0.25) is 0 Å². The normalized spacial score (nSPS) is 12.0. The molecule has 4 aromatic carbocycles. The smallest absolute Gasteiger partial charge is 0.333 e. The third kappa shape index (κ3) is 3.82. The molecule has 1 amide bonds. The molecule has 0 radical (unpaired) electrons. The highest BCUT2D eigenvalue weighted by atomic mass is 19.1. The predicted molar refractivity (Wildman–Crippen MR) is 153 cm³/mol. The Balaban J connectivity index is 1.60. The maximum Gasteiger partial charge on any atom is 0.333 e. The van der Waals surface area contributed by atoms with Crippen LogP contribution in [0.1, 0.15) is 35.3 Å². The monoisotopic (exact) mass is 536 g/mol. The van der Waals surface area contributed by atoms with Gasteiger partial charge in [0.1, 0.15) is 5.82 Å². The van der Waals surface area contributed by atoms with E-state index in [0.29, 0.717) is 33.5 Å². The molecule has 0 unspecified atom stereocenters. The van der Waals surface area contributed by atoms with Gasteiger partial charge in [0, 0.05) is 16.3 Å². The topological polar surface area (TPSA) is 134 Å². The maximum absolute atomic E-state index is 14.3. The number of nitrogens with two attached hydrogens (primary N) is 1. The van der Waals surface area contributed by atoms with Crippen molar-refractivity contribution >= 4 is 38.6 Å². The largest absolute Gasteiger partial charge is 0.386 e. The second-order valence-corrected chi connectivity index (χ2v) is 10.4. The molecule has 6 rings (SSSR count). The van der Waals surface area contributed by atoms with E-state index in [0.717, 1.165) is 20.9 Å². The van der Waals surface area contributed by atoms with E-state index >= 15 is 0 Å². The minimum Gasteiger partial charge on any atom is -0.386 e. The third-order valence-electron chi connectivity index (χ3n) is 7.42. The van der Waals surface area contributed by atoms with E-state index in [1.807, 2.05) is 30.3 Å². The van der Waals surface area contributed by atoms with Crippen molar-refractivity contribution in [1.82, 2.24) is 14.5 Å². The van der Waals surface area contributed by atoms with Gasteiger partial charge in [-0.15, -0.1) is 0 Å². The van der Waals surface area contributed by atoms with Crippen LogP contribution in [0.15, 0.2) is 76.3 Å². The van der Waals surface area contributed by atoms with Crippen LogP contribution in [-0.2, 0) is 5.60 Å². The molecular weight excluding hydrogens is 511 g/mol. The van der Waals surface area contributed by atoms with Gasteiger partial charge in [-0.05, 0) is 79.4 Å². The van der Waals surface area contributed by atoms with E-state index in [1.165, 1.54) is 18.2 Å². The van der Waals surface area contributed by atoms with Crippen LogP contribution in [0.5, 0.6) is 0 Å². The number of aromatic amines is 2. The fourth-order valence-electron chi connectivity index (χ4n) is 5.34. The lowest BCUT2D eigenvalue weighted by molar-refractivity contribution is 0.0787. The molecule has 0 aliphatic rings. The van der Waals surface area contributed by atoms with Gasteiger partial charge in [0.25, 0.3) is 11.5 Å². The van der Waals surface area contributed by atoms with Gasteiger partial charge in [0.15, 0.2) is 0 Å². The number of halogens is 1. The van der Waals surface area contributed by atoms with Gasteiger partial charge in [0.05, 0.1) is 33.3 Å². The Morgan fingerprint density at radius 1 is 0.925 bits per heavy atom. The van der Waals surface area contributed by atoms with Crippen LogP contribution in [0, 0.1) is 12.7 Å². The average molecular weight is 537 g/mol. The van der Waals surface area contributed by atoms with Gasteiger partial charge >= 0.3 is 5.69 Å². The number of carbonyl (C=O) groups is 1. The van der Waals surface area contributed by atoms with Crippen LogP contribution in [0.3, 0.4) is 0 Å². The highest BCUT2D eigenvalue weighted by Crippen LogP contribution is 2.36. The van der Waals surface area contributed by atoms with E-state index in [-0.39, 0.29) is 16.5 Å². The van der Waals surface area contributed by atoms with Crippen LogP contribution < -0.4 is 17.0 Å². The van der Waals surface area contributed by atoms with Crippen molar-refractivity contribution in [1.29, 1.82) is 0 Å². The molecule has 0 saturated carbocycles. The minimum atomic E-state index is -1.05. The number of hydrogen-bond donors (Lipinski definition) is 4. The Bertz CT molecular complexity index is 2150. The number of aliphatic hydroxyl groups is 1. The molecule has 8 nitrogen and oxygen atoms in total. The standard InChI is InChI=1S/C31H25FN4O4/c1-15-18(6-5-9-25(15)36-29(38)20-7-4-8-23(32)27(20)35-30(36)39)16-12-21-19-11-10-17(31(2,3)40)14-24(19)34-26(21)22(13-16)28(33)37/h4-14,34,40H,1-3H3,(H2,33,37)(H,35,39). The number of primary amides is 1. The zero-order valence-corrected chi connectivity index (χ0v) is 21.9. The summed E-state index contributed by atoms with van der Waals surface area (Å²) >= 11 is 0. The molecule has 0 bridgehead atoms. The number of fused-ring (bicyclic) bond motifs is 4. The van der Waals surface area contributed by atoms with Crippen molar-refractivity contribution in [2.75, 3.05) is 0 Å². The number of H-pyrrole nitrogens is 2. The fourth-order valence-corrected chi connectivity index (χ4v) is 5.34. The molecule has 2 aromatic heterocycles. The zero-order valence-electron chi connectivity index (χ0n) is 21.9. The van der Waals surface area contributed by atoms with Crippen molar-refractivity contribution in [3.63, 3.8) is 0 Å². The summed E-state index contributed by atoms with van der Waals surface area (Å²) in [6.07, 6.45) is 0. The van der Waals surface area contributed by atoms with Crippen LogP contribution in [0.25, 0.3) is 49.5 Å². The summed E-state index contributed by atoms with van der Waals surface area (Å²) in [6, 6.07) is 18.4. The second-order valence-electron chi connectivity index (χ2n) is 10.4. The summed E-state index contributed by atoms with van der Waals surface area (Å²) in [5, 5.41) is 12.1. The number of hydrogen-bond acceptors (Lipinski definition) is 4. The van der Waals surface area contributed by atoms with Gasteiger partial charge < -0.3 is 20.8 Å². The van der Waals surface area contributed by atoms with Gasteiger partial charge in [-0.25, -0.2) is 13.8 Å². The minimum absolute atomic E-state index is 0.0473. The van der Waals surface area contributed by atoms with Crippen molar-refractivity contribution in [3.8, 4) is 16.8 Å². The highest BCUT2D eigenvalue weighted by Gasteiger charge is 2.21. The number of rotatable bonds is 4. The number of benzene rings is 4. The fraction of sp³-hybridized carbons (Fsp3) is 0.129. The van der Waals surface area contributed by atoms with E-state index in [1.54, 1.807) is 39.0 Å². The van der Waals surface area contributed by atoms with Crippen LogP contribution in [0.2, 0.25) is 0 Å². The van der Waals surface area contributed by atoms with Crippen molar-refractivity contribution in [2.24, 2.45) is 5.73 Å². The number of amides is 1. The number of aromatic nitrogens is 3. The van der Waals surface area contributed by atoms with Crippen molar-refractivity contribution in [3.05, 3.63) is 110 Å². The summed E-state index contributed by atoms with van der Waals surface area (Å²) in [5.41, 5.74) is 7.72. The predicted octanol–water partition coefficient (Wildman–Crippen LogP) is 4.75. The molecule has 0 aliphatic carbocycles. The van der Waals surface area contributed by atoms with E-state index in [4.69, 9.17) is 5.73 Å². The SMILES string of the molecule is Cc1c(-c2cc(C(N)=O)c3[nH]c4cc(C(C)(C)O)ccc4c3c2)cccc1-n1c(=O)[nH]c2c(F)cccc2c1=O. The average Bonchev–Trinajstić information content (AvgIpc) is 3.27. The summed E-state index contributed by atoms with van der Waals surface area (Å²) in [4.78, 5) is 44.6. The first kappa shape index (κ1) is 25.3. The van der Waals surface area contributed by atoms with Crippen LogP contribution in [0.4, 0.5) is 4.39 Å². The second kappa shape index (κ2) is 8.75. The Hall–Kier alpha value is -5.02. The van der Waals surface area contributed by atoms with Crippen LogP contribution >= 0.6 is 0 Å². The molecule has 5 N–H and O–H groups in total. The molecule has 200 valence electrons. The maximum atomic E-state index is 14.3. The lowest BCUT2D eigenvalue weighted by atomic mass is 9.94. The summed E-state index contributed by atoms with van der Waals surface area (Å²) in [6.45, 7) is 5.16. The number of nitrogens with zero attached hydrogens (tertiary/aromatic N) is 1. The summed E-state index contributed by atoms with van der Waals surface area (Å²) in [5.74, 6) is -1.32. The molecule has 0 fully saturated rings. The molecule has 9 heteroatoms. The molecule has 2 heterocycles. The van der Waals surface area contributed by atoms with Crippen LogP contribution in [-0.4, -0.2) is 25.5 Å². The van der Waals surface area contributed by atoms with E-state index < -0.39 is 28.6 Å². The first-order chi connectivity index (χ1) is 19.0. The van der Waals surface area contributed by atoms with Gasteiger partial charge in [-0.2, -0.15) is 0 Å². The molecular formula is C31H25FN4O4. The van der Waals surface area contributed by atoms with Crippen molar-refractivity contribution < 1.29 is 14.3 Å².